The summed E-state index contributed by atoms with van der Waals surface area (Å²) in [6.45, 7) is 0.962. The van der Waals surface area contributed by atoms with Crippen molar-refractivity contribution >= 4 is 21.6 Å². The molecule has 3 aromatic carbocycles. The maximum absolute atomic E-state index is 13.3. The predicted octanol–water partition coefficient (Wildman–Crippen LogP) is 3.60. The number of ether oxygens (including phenoxy) is 2. The standard InChI is InChI=1S/C29H29FN2O6S/c30-20-5-8-23(9-6-20)39(35,36)31-21-7-10-26-24(13-21)25-14-22(37-27(17-33)29(25)38-26)15-28(34)32-12-11-18-3-1-2-4-19(18)16-32/h1-10,13,22,25,27,29,31,33H,11-12,14-17H2/t22-,25-,27-,29+/m1/s1. The number of hydrogen-bond donors (Lipinski definition) is 2. The number of carbonyl (C=O) groups is 1. The van der Waals surface area contributed by atoms with Crippen LogP contribution in [-0.2, 0) is 32.5 Å². The highest BCUT2D eigenvalue weighted by atomic mass is 32.2. The quantitative estimate of drug-likeness (QED) is 0.484. The molecule has 3 heterocycles. The molecule has 204 valence electrons. The Labute approximate surface area is 226 Å². The molecule has 0 aromatic heterocycles. The summed E-state index contributed by atoms with van der Waals surface area (Å²) in [5.41, 5.74) is 3.56. The zero-order valence-corrected chi connectivity index (χ0v) is 21.9. The van der Waals surface area contributed by atoms with E-state index in [1.165, 1.54) is 17.7 Å². The fraction of sp³-hybridized carbons (Fsp3) is 0.345. The number of halogens is 1. The highest BCUT2D eigenvalue weighted by Gasteiger charge is 2.46. The Hall–Kier alpha value is -3.47. The molecule has 2 N–H and O–H groups in total. The van der Waals surface area contributed by atoms with Crippen LogP contribution in [0.15, 0.2) is 71.6 Å². The van der Waals surface area contributed by atoms with Gasteiger partial charge in [0.15, 0.2) is 0 Å². The summed E-state index contributed by atoms with van der Waals surface area (Å²) < 4.78 is 53.7. The molecule has 0 aliphatic carbocycles. The van der Waals surface area contributed by atoms with Gasteiger partial charge in [0.1, 0.15) is 23.8 Å². The van der Waals surface area contributed by atoms with Crippen molar-refractivity contribution in [3.63, 3.8) is 0 Å². The van der Waals surface area contributed by atoms with Crippen LogP contribution in [0.1, 0.15) is 35.4 Å². The van der Waals surface area contributed by atoms with E-state index in [1.807, 2.05) is 23.1 Å². The van der Waals surface area contributed by atoms with Gasteiger partial charge in [0.2, 0.25) is 5.91 Å². The fourth-order valence-corrected chi connectivity index (χ4v) is 6.86. The number of anilines is 1. The molecule has 6 rings (SSSR count). The van der Waals surface area contributed by atoms with E-state index in [1.54, 1.807) is 18.2 Å². The Kier molecular flexibility index (Phi) is 6.78. The first-order chi connectivity index (χ1) is 18.8. The van der Waals surface area contributed by atoms with Crippen molar-refractivity contribution < 1.29 is 32.2 Å². The molecule has 0 spiro atoms. The van der Waals surface area contributed by atoms with Crippen molar-refractivity contribution in [3.8, 4) is 5.75 Å². The molecule has 8 nitrogen and oxygen atoms in total. The van der Waals surface area contributed by atoms with Gasteiger partial charge in [-0.1, -0.05) is 24.3 Å². The summed E-state index contributed by atoms with van der Waals surface area (Å²) in [7, 11) is -3.92. The van der Waals surface area contributed by atoms with E-state index in [0.717, 1.165) is 29.7 Å². The van der Waals surface area contributed by atoms with Crippen LogP contribution in [0.4, 0.5) is 10.1 Å². The molecule has 3 aromatic rings. The van der Waals surface area contributed by atoms with Gasteiger partial charge in [0, 0.05) is 30.3 Å². The number of aliphatic hydroxyl groups excluding tert-OH is 1. The molecular weight excluding hydrogens is 523 g/mol. The van der Waals surface area contributed by atoms with Crippen molar-refractivity contribution in [1.29, 1.82) is 0 Å². The van der Waals surface area contributed by atoms with Crippen LogP contribution in [0, 0.1) is 5.82 Å². The van der Waals surface area contributed by atoms with Crippen LogP contribution < -0.4 is 9.46 Å². The van der Waals surface area contributed by atoms with E-state index < -0.39 is 34.2 Å². The minimum Gasteiger partial charge on any atom is -0.487 e. The number of benzene rings is 3. The first-order valence-corrected chi connectivity index (χ1v) is 14.5. The second-order valence-corrected chi connectivity index (χ2v) is 11.9. The highest BCUT2D eigenvalue weighted by molar-refractivity contribution is 7.92. The average molecular weight is 553 g/mol. The Balaban J connectivity index is 1.18. The Bertz CT molecular complexity index is 1500. The fourth-order valence-electron chi connectivity index (χ4n) is 5.81. The number of nitrogens with zero attached hydrogens (tertiary/aromatic N) is 1. The van der Waals surface area contributed by atoms with Crippen LogP contribution in [0.25, 0.3) is 0 Å². The van der Waals surface area contributed by atoms with Gasteiger partial charge in [-0.3, -0.25) is 9.52 Å². The minimum absolute atomic E-state index is 0.00425. The van der Waals surface area contributed by atoms with Gasteiger partial charge >= 0.3 is 0 Å². The van der Waals surface area contributed by atoms with Gasteiger partial charge in [0.25, 0.3) is 10.0 Å². The van der Waals surface area contributed by atoms with Crippen molar-refractivity contribution in [2.75, 3.05) is 17.9 Å². The van der Waals surface area contributed by atoms with Gasteiger partial charge in [-0.2, -0.15) is 0 Å². The number of nitrogens with one attached hydrogen (secondary N) is 1. The molecule has 1 amide bonds. The molecule has 39 heavy (non-hydrogen) atoms. The second kappa shape index (κ2) is 10.3. The lowest BCUT2D eigenvalue weighted by Crippen LogP contribution is -2.48. The summed E-state index contributed by atoms with van der Waals surface area (Å²) in [6.07, 6.45) is 0.0294. The summed E-state index contributed by atoms with van der Waals surface area (Å²) >= 11 is 0. The number of sulfonamides is 1. The number of hydrogen-bond acceptors (Lipinski definition) is 6. The molecule has 0 radical (unpaired) electrons. The molecule has 10 heteroatoms. The van der Waals surface area contributed by atoms with Gasteiger partial charge in [0.05, 0.1) is 24.0 Å². The topological polar surface area (TPSA) is 105 Å². The number of fused-ring (bicyclic) bond motifs is 4. The van der Waals surface area contributed by atoms with Crippen LogP contribution in [0.2, 0.25) is 0 Å². The largest absolute Gasteiger partial charge is 0.487 e. The van der Waals surface area contributed by atoms with Crippen LogP contribution in [0.5, 0.6) is 5.75 Å². The van der Waals surface area contributed by atoms with Crippen molar-refractivity contribution in [1.82, 2.24) is 4.90 Å². The zero-order chi connectivity index (χ0) is 27.1. The molecule has 1 saturated heterocycles. The first-order valence-electron chi connectivity index (χ1n) is 13.0. The lowest BCUT2D eigenvalue weighted by molar-refractivity contribution is -0.149. The number of carbonyl (C=O) groups excluding carboxylic acids is 1. The van der Waals surface area contributed by atoms with E-state index in [-0.39, 0.29) is 29.7 Å². The SMILES string of the molecule is O=C(C[C@H]1C[C@@H]2c3cc(NS(=O)(=O)c4ccc(F)cc4)ccc3O[C@@H]2[C@@H](CO)O1)N1CCc2ccccc2C1. The molecule has 0 bridgehead atoms. The Morgan fingerprint density at radius 2 is 1.85 bits per heavy atom. The number of amides is 1. The lowest BCUT2D eigenvalue weighted by Gasteiger charge is -2.38. The van der Waals surface area contributed by atoms with Crippen molar-refractivity contribution in [3.05, 3.63) is 89.2 Å². The highest BCUT2D eigenvalue weighted by Crippen LogP contribution is 2.47. The van der Waals surface area contributed by atoms with Crippen LogP contribution >= 0.6 is 0 Å². The molecular formula is C29H29FN2O6S. The summed E-state index contributed by atoms with van der Waals surface area (Å²) in [4.78, 5) is 15.0. The van der Waals surface area contributed by atoms with Crippen molar-refractivity contribution in [2.45, 2.75) is 54.9 Å². The van der Waals surface area contributed by atoms with E-state index in [4.69, 9.17) is 9.47 Å². The predicted molar refractivity (Wildman–Crippen MR) is 141 cm³/mol. The summed E-state index contributed by atoms with van der Waals surface area (Å²) in [5, 5.41) is 10.1. The van der Waals surface area contributed by atoms with E-state index in [2.05, 4.69) is 10.8 Å². The van der Waals surface area contributed by atoms with Crippen LogP contribution in [-0.4, -0.2) is 55.8 Å². The molecule has 4 atom stereocenters. The monoisotopic (exact) mass is 552 g/mol. The van der Waals surface area contributed by atoms with Gasteiger partial charge in [-0.25, -0.2) is 12.8 Å². The molecule has 0 saturated carbocycles. The van der Waals surface area contributed by atoms with Gasteiger partial charge in [-0.05, 0) is 66.4 Å². The molecule has 1 fully saturated rings. The summed E-state index contributed by atoms with van der Waals surface area (Å²) in [5.74, 6) is -0.104. The van der Waals surface area contributed by atoms with Crippen LogP contribution in [0.3, 0.4) is 0 Å². The number of aliphatic hydroxyl groups is 1. The number of rotatable bonds is 6. The smallest absolute Gasteiger partial charge is 0.261 e. The van der Waals surface area contributed by atoms with E-state index >= 15 is 0 Å². The third-order valence-electron chi connectivity index (χ3n) is 7.76. The third-order valence-corrected chi connectivity index (χ3v) is 9.16. The maximum Gasteiger partial charge on any atom is 0.261 e. The van der Waals surface area contributed by atoms with E-state index in [0.29, 0.717) is 30.9 Å². The average Bonchev–Trinajstić information content (AvgIpc) is 3.30. The molecule has 3 aliphatic heterocycles. The normalized spacial score (nSPS) is 23.8. The Morgan fingerprint density at radius 3 is 2.62 bits per heavy atom. The van der Waals surface area contributed by atoms with Gasteiger partial charge < -0.3 is 19.5 Å². The Morgan fingerprint density at radius 1 is 1.08 bits per heavy atom. The minimum atomic E-state index is -3.92. The first kappa shape index (κ1) is 25.8. The zero-order valence-electron chi connectivity index (χ0n) is 21.1. The summed E-state index contributed by atoms with van der Waals surface area (Å²) in [6, 6.07) is 17.7. The molecule has 0 unspecified atom stereocenters. The third kappa shape index (κ3) is 5.11. The van der Waals surface area contributed by atoms with Crippen molar-refractivity contribution in [2.24, 2.45) is 0 Å². The second-order valence-electron chi connectivity index (χ2n) is 10.3. The molecule has 3 aliphatic rings. The van der Waals surface area contributed by atoms with E-state index in [9.17, 15) is 22.7 Å². The van der Waals surface area contributed by atoms with Gasteiger partial charge in [-0.15, -0.1) is 0 Å². The maximum atomic E-state index is 13.3. The lowest BCUT2D eigenvalue weighted by atomic mass is 9.84.